The van der Waals surface area contributed by atoms with Gasteiger partial charge < -0.3 is 4.74 Å². The molecule has 0 radical (unpaired) electrons. The van der Waals surface area contributed by atoms with E-state index in [1.807, 2.05) is 30.3 Å². The summed E-state index contributed by atoms with van der Waals surface area (Å²) in [7, 11) is 1.43. The Morgan fingerprint density at radius 3 is 2.47 bits per heavy atom. The highest BCUT2D eigenvalue weighted by Gasteiger charge is 2.14. The average molecular weight is 233 g/mol. The largest absolute Gasteiger partial charge is 0.364 e. The number of methoxy groups -OCH3 is 1. The summed E-state index contributed by atoms with van der Waals surface area (Å²) >= 11 is 0. The molecule has 2 amide bonds. The molecule has 0 bridgehead atoms. The van der Waals surface area contributed by atoms with Crippen molar-refractivity contribution in [1.82, 2.24) is 4.90 Å². The number of nitrogens with zero attached hydrogens (tertiary/aromatic N) is 1. The average Bonchev–Trinajstić information content (AvgIpc) is 2.34. The quantitative estimate of drug-likeness (QED) is 0.587. The van der Waals surface area contributed by atoms with Crippen molar-refractivity contribution in [3.63, 3.8) is 0 Å². The first-order chi connectivity index (χ1) is 8.15. The Morgan fingerprint density at radius 2 is 1.94 bits per heavy atom. The molecule has 0 aliphatic carbocycles. The number of hydrogen-bond donors (Lipinski definition) is 0. The maximum Gasteiger partial charge on any atom is 0.255 e. The molecule has 1 aromatic carbocycles. The molecule has 4 nitrogen and oxygen atoms in total. The molecule has 0 atom stereocenters. The van der Waals surface area contributed by atoms with Gasteiger partial charge in [0, 0.05) is 20.1 Å². The Kier molecular flexibility index (Phi) is 5.10. The van der Waals surface area contributed by atoms with E-state index in [0.717, 1.165) is 10.5 Å². The van der Waals surface area contributed by atoms with Gasteiger partial charge in [-0.2, -0.15) is 0 Å². The molecule has 1 rings (SSSR count). The normalized spacial score (nSPS) is 10.5. The van der Waals surface area contributed by atoms with Gasteiger partial charge in [0.1, 0.15) is 6.73 Å². The van der Waals surface area contributed by atoms with E-state index < -0.39 is 0 Å². The molecule has 4 heteroatoms. The summed E-state index contributed by atoms with van der Waals surface area (Å²) in [5.41, 5.74) is 0.904. The summed E-state index contributed by atoms with van der Waals surface area (Å²) in [6, 6.07) is 9.40. The Morgan fingerprint density at radius 1 is 1.29 bits per heavy atom. The van der Waals surface area contributed by atoms with Crippen LogP contribution in [0.15, 0.2) is 36.4 Å². The first kappa shape index (κ1) is 13.1. The predicted molar refractivity (Wildman–Crippen MR) is 64.9 cm³/mol. The van der Waals surface area contributed by atoms with Gasteiger partial charge in [-0.15, -0.1) is 0 Å². The van der Waals surface area contributed by atoms with Crippen LogP contribution in [-0.2, 0) is 14.3 Å². The van der Waals surface area contributed by atoms with E-state index in [-0.39, 0.29) is 18.5 Å². The zero-order valence-electron chi connectivity index (χ0n) is 9.92. The van der Waals surface area contributed by atoms with Crippen LogP contribution in [0.4, 0.5) is 0 Å². The zero-order chi connectivity index (χ0) is 12.7. The molecule has 0 saturated carbocycles. The van der Waals surface area contributed by atoms with Crippen LogP contribution in [-0.4, -0.2) is 30.6 Å². The lowest BCUT2D eigenvalue weighted by atomic mass is 10.2. The van der Waals surface area contributed by atoms with Crippen LogP contribution >= 0.6 is 0 Å². The van der Waals surface area contributed by atoms with Gasteiger partial charge in [0.05, 0.1) is 0 Å². The van der Waals surface area contributed by atoms with Gasteiger partial charge in [-0.1, -0.05) is 30.3 Å². The number of benzene rings is 1. The molecule has 0 aliphatic rings. The monoisotopic (exact) mass is 233 g/mol. The van der Waals surface area contributed by atoms with E-state index in [2.05, 4.69) is 0 Å². The van der Waals surface area contributed by atoms with E-state index in [9.17, 15) is 9.59 Å². The minimum Gasteiger partial charge on any atom is -0.364 e. The van der Waals surface area contributed by atoms with E-state index in [1.165, 1.54) is 20.1 Å². The molecule has 0 unspecified atom stereocenters. The van der Waals surface area contributed by atoms with Crippen LogP contribution in [0, 0.1) is 0 Å². The molecule has 17 heavy (non-hydrogen) atoms. The van der Waals surface area contributed by atoms with E-state index in [1.54, 1.807) is 6.08 Å². The third kappa shape index (κ3) is 4.20. The van der Waals surface area contributed by atoms with Gasteiger partial charge >= 0.3 is 0 Å². The molecule has 0 aliphatic heterocycles. The van der Waals surface area contributed by atoms with Crippen molar-refractivity contribution >= 4 is 17.9 Å². The fourth-order valence-electron chi connectivity index (χ4n) is 1.26. The SMILES string of the molecule is COCN(C(C)=O)C(=O)/C=C/c1ccccc1. The van der Waals surface area contributed by atoms with Crippen molar-refractivity contribution in [3.8, 4) is 0 Å². The van der Waals surface area contributed by atoms with Gasteiger partial charge in [-0.05, 0) is 11.6 Å². The topological polar surface area (TPSA) is 46.6 Å². The lowest BCUT2D eigenvalue weighted by Crippen LogP contribution is -2.35. The second-order valence-electron chi connectivity index (χ2n) is 3.45. The summed E-state index contributed by atoms with van der Waals surface area (Å²) in [5, 5.41) is 0. The lowest BCUT2D eigenvalue weighted by molar-refractivity contribution is -0.145. The Bertz CT molecular complexity index is 412. The standard InChI is InChI=1S/C13H15NO3/c1-11(15)14(10-17-2)13(16)9-8-12-6-4-3-5-7-12/h3-9H,10H2,1-2H3/b9-8+. The summed E-state index contributed by atoms with van der Waals surface area (Å²) in [4.78, 5) is 23.9. The van der Waals surface area contributed by atoms with Crippen molar-refractivity contribution in [2.45, 2.75) is 6.92 Å². The number of imide groups is 1. The van der Waals surface area contributed by atoms with E-state index in [4.69, 9.17) is 4.74 Å². The maximum absolute atomic E-state index is 11.7. The second-order valence-corrected chi connectivity index (χ2v) is 3.45. The smallest absolute Gasteiger partial charge is 0.255 e. The number of rotatable bonds is 4. The molecule has 0 aromatic heterocycles. The highest BCUT2D eigenvalue weighted by molar-refractivity contribution is 6.02. The van der Waals surface area contributed by atoms with Crippen LogP contribution in [0.3, 0.4) is 0 Å². The van der Waals surface area contributed by atoms with Crippen LogP contribution in [0.1, 0.15) is 12.5 Å². The Hall–Kier alpha value is -1.94. The highest BCUT2D eigenvalue weighted by atomic mass is 16.5. The van der Waals surface area contributed by atoms with Crippen LogP contribution < -0.4 is 0 Å². The van der Waals surface area contributed by atoms with Crippen LogP contribution in [0.5, 0.6) is 0 Å². The minimum atomic E-state index is -0.386. The molecule has 0 spiro atoms. The third-order valence-corrected chi connectivity index (χ3v) is 2.12. The van der Waals surface area contributed by atoms with Crippen molar-refractivity contribution in [2.75, 3.05) is 13.8 Å². The second kappa shape index (κ2) is 6.60. The number of hydrogen-bond acceptors (Lipinski definition) is 3. The van der Waals surface area contributed by atoms with Gasteiger partial charge in [0.25, 0.3) is 5.91 Å². The van der Waals surface area contributed by atoms with E-state index >= 15 is 0 Å². The van der Waals surface area contributed by atoms with Gasteiger partial charge in [-0.3, -0.25) is 14.5 Å². The summed E-state index contributed by atoms with van der Waals surface area (Å²) in [6.45, 7) is 1.29. The number of carbonyl (C=O) groups excluding carboxylic acids is 2. The molecule has 0 N–H and O–H groups in total. The Labute approximate surface area is 100 Å². The van der Waals surface area contributed by atoms with Crippen LogP contribution in [0.2, 0.25) is 0 Å². The first-order valence-electron chi connectivity index (χ1n) is 5.19. The number of carbonyl (C=O) groups is 2. The molecule has 90 valence electrons. The fraction of sp³-hybridized carbons (Fsp3) is 0.231. The molecule has 0 saturated heterocycles. The fourth-order valence-corrected chi connectivity index (χ4v) is 1.26. The first-order valence-corrected chi connectivity index (χ1v) is 5.19. The minimum absolute atomic E-state index is 0.0344. The molecule has 1 aromatic rings. The van der Waals surface area contributed by atoms with Gasteiger partial charge in [-0.25, -0.2) is 0 Å². The number of ether oxygens (including phenoxy) is 1. The van der Waals surface area contributed by atoms with Crippen LogP contribution in [0.25, 0.3) is 6.08 Å². The molecule has 0 fully saturated rings. The molecule has 0 heterocycles. The maximum atomic E-state index is 11.7. The molecular weight excluding hydrogens is 218 g/mol. The third-order valence-electron chi connectivity index (χ3n) is 2.12. The van der Waals surface area contributed by atoms with Gasteiger partial charge in [0.15, 0.2) is 0 Å². The predicted octanol–water partition coefficient (Wildman–Crippen LogP) is 1.68. The van der Waals surface area contributed by atoms with E-state index in [0.29, 0.717) is 0 Å². The van der Waals surface area contributed by atoms with Crippen molar-refractivity contribution in [1.29, 1.82) is 0 Å². The van der Waals surface area contributed by atoms with Gasteiger partial charge in [0.2, 0.25) is 5.91 Å². The summed E-state index contributed by atoms with van der Waals surface area (Å²) in [5.74, 6) is -0.724. The highest BCUT2D eigenvalue weighted by Crippen LogP contribution is 2.02. The lowest BCUT2D eigenvalue weighted by Gasteiger charge is -2.15. The summed E-state index contributed by atoms with van der Waals surface area (Å²) in [6.07, 6.45) is 3.02. The zero-order valence-corrected chi connectivity index (χ0v) is 9.92. The van der Waals surface area contributed by atoms with Crippen molar-refractivity contribution in [2.24, 2.45) is 0 Å². The van der Waals surface area contributed by atoms with Crippen molar-refractivity contribution < 1.29 is 14.3 Å². The molecular formula is C13H15NO3. The Balaban J connectivity index is 2.70. The summed E-state index contributed by atoms with van der Waals surface area (Å²) < 4.78 is 4.79. The van der Waals surface area contributed by atoms with Crippen molar-refractivity contribution in [3.05, 3.63) is 42.0 Å². The number of amides is 2.